The Morgan fingerprint density at radius 2 is 1.50 bits per heavy atom. The number of nitrogens with zero attached hydrogens (tertiary/aromatic N) is 1. The maximum Gasteiger partial charge on any atom is 0.289 e. The number of nitrogens with one attached hydrogen (secondary N) is 2. The lowest BCUT2D eigenvalue weighted by molar-refractivity contribution is -0.920. The number of amides is 2. The van der Waals surface area contributed by atoms with Crippen LogP contribution < -0.4 is 22.5 Å². The predicted octanol–water partition coefficient (Wildman–Crippen LogP) is -3.19. The highest BCUT2D eigenvalue weighted by Gasteiger charge is 2.34. The van der Waals surface area contributed by atoms with E-state index in [1.807, 2.05) is 0 Å². The Kier molecular flexibility index (Phi) is 4.62. The smallest absolute Gasteiger partial charge is 0.289 e. The van der Waals surface area contributed by atoms with Crippen LogP contribution in [0.4, 0.5) is 0 Å². The molecule has 1 fully saturated rings. The molecule has 1 aliphatic heterocycles. The van der Waals surface area contributed by atoms with Crippen molar-refractivity contribution in [2.24, 2.45) is 11.7 Å². The number of rotatable bonds is 4. The Morgan fingerprint density at radius 3 is 1.88 bits per heavy atom. The third-order valence-electron chi connectivity index (χ3n) is 2.70. The van der Waals surface area contributed by atoms with Gasteiger partial charge in [0.15, 0.2) is 13.1 Å². The van der Waals surface area contributed by atoms with Crippen LogP contribution in [0.25, 0.3) is 0 Å². The van der Waals surface area contributed by atoms with Crippen LogP contribution in [0.3, 0.4) is 0 Å². The average molecular weight is 232 g/mol. The summed E-state index contributed by atoms with van der Waals surface area (Å²) in [7, 11) is 0. The van der Waals surface area contributed by atoms with E-state index >= 15 is 0 Å². The molecule has 0 radical (unpaired) electrons. The zero-order chi connectivity index (χ0) is 12.0. The Hall–Kier alpha value is -1.22. The van der Waals surface area contributed by atoms with E-state index in [9.17, 15) is 9.59 Å². The molecule has 0 aromatic carbocycles. The molecular weight excluding hydrogens is 214 g/mol. The van der Waals surface area contributed by atoms with E-state index in [2.05, 4.69) is 10.9 Å². The van der Waals surface area contributed by atoms with E-state index in [-0.39, 0.29) is 24.9 Å². The van der Waals surface area contributed by atoms with Gasteiger partial charge in [-0.15, -0.1) is 0 Å². The minimum atomic E-state index is -0.299. The summed E-state index contributed by atoms with van der Waals surface area (Å²) in [5.74, 6) is 9.49. The van der Waals surface area contributed by atoms with Crippen LogP contribution >= 0.6 is 0 Å². The topological polar surface area (TPSA) is 119 Å². The van der Waals surface area contributed by atoms with Crippen molar-refractivity contribution in [1.82, 2.24) is 10.9 Å². The van der Waals surface area contributed by atoms with Crippen molar-refractivity contribution in [1.29, 1.82) is 0 Å². The van der Waals surface area contributed by atoms with E-state index in [1.165, 1.54) is 0 Å². The van der Waals surface area contributed by atoms with Gasteiger partial charge in [-0.3, -0.25) is 20.4 Å². The Labute approximate surface area is 93.4 Å². The molecule has 16 heavy (non-hydrogen) atoms. The molecule has 2 amide bonds. The first-order valence-corrected chi connectivity index (χ1v) is 5.03. The van der Waals surface area contributed by atoms with Crippen molar-refractivity contribution in [2.75, 3.05) is 39.4 Å². The zero-order valence-corrected chi connectivity index (χ0v) is 9.07. The Balaban J connectivity index is 2.66. The van der Waals surface area contributed by atoms with Gasteiger partial charge in [0.25, 0.3) is 11.8 Å². The number of hydrogen-bond donors (Lipinski definition) is 4. The highest BCUT2D eigenvalue weighted by atomic mass is 16.5. The number of carbonyl (C=O) groups is 2. The SMILES string of the molecule is NNC(=O)C[N+]1(CC(=O)NN)CCOCC1. The van der Waals surface area contributed by atoms with Gasteiger partial charge in [0.1, 0.15) is 13.1 Å². The fourth-order valence-electron chi connectivity index (χ4n) is 1.80. The van der Waals surface area contributed by atoms with Gasteiger partial charge in [-0.25, -0.2) is 11.7 Å². The summed E-state index contributed by atoms with van der Waals surface area (Å²) in [5.41, 5.74) is 4.14. The predicted molar refractivity (Wildman–Crippen MR) is 55.2 cm³/mol. The molecule has 1 rings (SSSR count). The number of hydrazine groups is 2. The maximum absolute atomic E-state index is 11.3. The lowest BCUT2D eigenvalue weighted by Crippen LogP contribution is -2.62. The highest BCUT2D eigenvalue weighted by molar-refractivity contribution is 5.78. The molecule has 0 aromatic rings. The molecule has 0 unspecified atom stereocenters. The van der Waals surface area contributed by atoms with E-state index in [0.29, 0.717) is 30.8 Å². The van der Waals surface area contributed by atoms with Crippen molar-refractivity contribution in [3.8, 4) is 0 Å². The van der Waals surface area contributed by atoms with Crippen molar-refractivity contribution >= 4 is 11.8 Å². The van der Waals surface area contributed by atoms with E-state index < -0.39 is 0 Å². The van der Waals surface area contributed by atoms with Gasteiger partial charge < -0.3 is 9.22 Å². The Morgan fingerprint density at radius 1 is 1.06 bits per heavy atom. The van der Waals surface area contributed by atoms with Crippen molar-refractivity contribution in [3.05, 3.63) is 0 Å². The summed E-state index contributed by atoms with van der Waals surface area (Å²) < 4.78 is 5.54. The van der Waals surface area contributed by atoms with Crippen LogP contribution in [0.5, 0.6) is 0 Å². The Bertz CT molecular complexity index is 244. The fraction of sp³-hybridized carbons (Fsp3) is 0.750. The van der Waals surface area contributed by atoms with Crippen LogP contribution in [-0.2, 0) is 14.3 Å². The molecule has 0 saturated carbocycles. The van der Waals surface area contributed by atoms with E-state index in [0.717, 1.165) is 0 Å². The molecule has 8 heteroatoms. The minimum absolute atomic E-state index is 0.160. The normalized spacial score (nSPS) is 18.9. The second-order valence-corrected chi connectivity index (χ2v) is 3.85. The molecule has 0 aromatic heterocycles. The second kappa shape index (κ2) is 5.75. The molecular formula is C8H18N5O3+. The van der Waals surface area contributed by atoms with Crippen LogP contribution in [0, 0.1) is 0 Å². The van der Waals surface area contributed by atoms with E-state index in [1.54, 1.807) is 0 Å². The van der Waals surface area contributed by atoms with Crippen LogP contribution in [0.1, 0.15) is 0 Å². The number of carbonyl (C=O) groups excluding carboxylic acids is 2. The number of morpholine rings is 1. The molecule has 1 saturated heterocycles. The summed E-state index contributed by atoms with van der Waals surface area (Å²) in [6.07, 6.45) is 0. The molecule has 0 aliphatic carbocycles. The van der Waals surface area contributed by atoms with Crippen LogP contribution in [0.2, 0.25) is 0 Å². The van der Waals surface area contributed by atoms with Gasteiger partial charge in [-0.2, -0.15) is 0 Å². The quantitative estimate of drug-likeness (QED) is 0.176. The molecule has 92 valence electrons. The minimum Gasteiger partial charge on any atom is -0.370 e. The number of hydrogen-bond acceptors (Lipinski definition) is 5. The largest absolute Gasteiger partial charge is 0.370 e. The number of quaternary nitrogens is 1. The lowest BCUT2D eigenvalue weighted by atomic mass is 10.2. The highest BCUT2D eigenvalue weighted by Crippen LogP contribution is 2.10. The first-order valence-electron chi connectivity index (χ1n) is 5.03. The summed E-state index contributed by atoms with van der Waals surface area (Å²) >= 11 is 0. The van der Waals surface area contributed by atoms with Crippen LogP contribution in [0.15, 0.2) is 0 Å². The standard InChI is InChI=1S/C8H17N5O3/c9-11-7(14)5-13(6-8(15)12-10)1-3-16-4-2-13/h1-6,9-10H2,(H-,11,12,14,15)/p+1. The second-order valence-electron chi connectivity index (χ2n) is 3.85. The van der Waals surface area contributed by atoms with Crippen molar-refractivity contribution in [2.45, 2.75) is 0 Å². The first-order chi connectivity index (χ1) is 7.62. The average Bonchev–Trinajstić information content (AvgIpc) is 2.29. The molecule has 8 nitrogen and oxygen atoms in total. The van der Waals surface area contributed by atoms with Gasteiger partial charge in [-0.05, 0) is 0 Å². The third kappa shape index (κ3) is 3.42. The van der Waals surface area contributed by atoms with Crippen molar-refractivity contribution < 1.29 is 18.8 Å². The molecule has 6 N–H and O–H groups in total. The fourth-order valence-corrected chi connectivity index (χ4v) is 1.80. The molecule has 0 spiro atoms. The monoisotopic (exact) mass is 232 g/mol. The summed E-state index contributed by atoms with van der Waals surface area (Å²) in [6, 6.07) is 0. The van der Waals surface area contributed by atoms with Gasteiger partial charge >= 0.3 is 0 Å². The van der Waals surface area contributed by atoms with Crippen molar-refractivity contribution in [3.63, 3.8) is 0 Å². The molecule has 1 heterocycles. The van der Waals surface area contributed by atoms with E-state index in [4.69, 9.17) is 16.4 Å². The molecule has 1 aliphatic rings. The van der Waals surface area contributed by atoms with Crippen LogP contribution in [-0.4, -0.2) is 55.7 Å². The third-order valence-corrected chi connectivity index (χ3v) is 2.70. The number of nitrogens with two attached hydrogens (primary N) is 2. The first kappa shape index (κ1) is 12.8. The molecule has 0 bridgehead atoms. The lowest BCUT2D eigenvalue weighted by Gasteiger charge is -2.39. The summed E-state index contributed by atoms with van der Waals surface area (Å²) in [5, 5.41) is 0. The van der Waals surface area contributed by atoms with Gasteiger partial charge in [-0.1, -0.05) is 0 Å². The molecule has 0 atom stereocenters. The van der Waals surface area contributed by atoms with Gasteiger partial charge in [0.2, 0.25) is 0 Å². The maximum atomic E-state index is 11.3. The summed E-state index contributed by atoms with van der Waals surface area (Å²) in [6.45, 7) is 2.56. The zero-order valence-electron chi connectivity index (χ0n) is 9.07. The summed E-state index contributed by atoms with van der Waals surface area (Å²) in [4.78, 5) is 22.6. The van der Waals surface area contributed by atoms with Gasteiger partial charge in [0.05, 0.1) is 13.2 Å². The number of ether oxygens (including phenoxy) is 1. The van der Waals surface area contributed by atoms with Gasteiger partial charge in [0, 0.05) is 0 Å².